The zero-order valence-corrected chi connectivity index (χ0v) is 6.25. The number of hydrogen-bond donors (Lipinski definition) is 3. The molecule has 0 fully saturated rings. The Morgan fingerprint density at radius 1 is 1.27 bits per heavy atom. The maximum Gasteiger partial charge on any atom is 0.0472 e. The number of rotatable bonds is 2. The highest BCUT2D eigenvalue weighted by molar-refractivity contribution is 5.55. The number of nitrogens with two attached hydrogens (primary N) is 2. The molecule has 0 aliphatic heterocycles. The van der Waals surface area contributed by atoms with Crippen LogP contribution in [-0.2, 0) is 6.42 Å². The zero-order valence-electron chi connectivity index (χ0n) is 6.25. The molecule has 0 aliphatic carbocycles. The summed E-state index contributed by atoms with van der Waals surface area (Å²) in [5.41, 5.74) is 13.4. The molecule has 5 N–H and O–H groups in total. The highest BCUT2D eigenvalue weighted by Gasteiger charge is 1.97. The van der Waals surface area contributed by atoms with Crippen molar-refractivity contribution in [1.29, 1.82) is 0 Å². The van der Waals surface area contributed by atoms with Crippen molar-refractivity contribution in [3.8, 4) is 0 Å². The summed E-state index contributed by atoms with van der Waals surface area (Å²) < 4.78 is 0. The van der Waals surface area contributed by atoms with Crippen LogP contribution in [0.15, 0.2) is 18.2 Å². The van der Waals surface area contributed by atoms with Crippen LogP contribution in [0.2, 0.25) is 0 Å². The van der Waals surface area contributed by atoms with Gasteiger partial charge in [0.25, 0.3) is 0 Å². The molecule has 0 aromatic heterocycles. The molecule has 1 aromatic carbocycles. The van der Waals surface area contributed by atoms with Crippen LogP contribution in [0.5, 0.6) is 0 Å². The topological polar surface area (TPSA) is 72.3 Å². The van der Waals surface area contributed by atoms with Gasteiger partial charge in [-0.1, -0.05) is 0 Å². The smallest absolute Gasteiger partial charge is 0.0472 e. The molecule has 0 saturated carbocycles. The molecule has 1 aromatic rings. The summed E-state index contributed by atoms with van der Waals surface area (Å²) in [4.78, 5) is 0. The Morgan fingerprint density at radius 2 is 2.00 bits per heavy atom. The van der Waals surface area contributed by atoms with E-state index in [1.54, 1.807) is 18.2 Å². The third-order valence-corrected chi connectivity index (χ3v) is 1.55. The predicted octanol–water partition coefficient (Wildman–Crippen LogP) is 0.386. The first kappa shape index (κ1) is 7.88. The summed E-state index contributed by atoms with van der Waals surface area (Å²) in [5.74, 6) is 0. The first-order valence-corrected chi connectivity index (χ1v) is 3.49. The van der Waals surface area contributed by atoms with Crippen molar-refractivity contribution in [2.24, 2.45) is 0 Å². The van der Waals surface area contributed by atoms with Gasteiger partial charge in [-0.05, 0) is 30.2 Å². The van der Waals surface area contributed by atoms with E-state index in [0.717, 1.165) is 5.56 Å². The number of benzene rings is 1. The van der Waals surface area contributed by atoms with Gasteiger partial charge in [0.2, 0.25) is 0 Å². The summed E-state index contributed by atoms with van der Waals surface area (Å²) in [5, 5.41) is 8.64. The van der Waals surface area contributed by atoms with E-state index in [9.17, 15) is 0 Å². The second-order valence-electron chi connectivity index (χ2n) is 2.43. The Morgan fingerprint density at radius 3 is 2.64 bits per heavy atom. The lowest BCUT2D eigenvalue weighted by atomic mass is 10.1. The fraction of sp³-hybridized carbons (Fsp3) is 0.250. The fourth-order valence-electron chi connectivity index (χ4n) is 0.963. The lowest BCUT2D eigenvalue weighted by molar-refractivity contribution is 0.300. The number of nitrogen functional groups attached to an aromatic ring is 2. The number of aliphatic hydroxyl groups is 1. The monoisotopic (exact) mass is 152 g/mol. The van der Waals surface area contributed by atoms with Crippen molar-refractivity contribution in [3.63, 3.8) is 0 Å². The van der Waals surface area contributed by atoms with Crippen LogP contribution in [0.25, 0.3) is 0 Å². The predicted molar refractivity (Wildman–Crippen MR) is 46.1 cm³/mol. The zero-order chi connectivity index (χ0) is 8.27. The van der Waals surface area contributed by atoms with Crippen molar-refractivity contribution < 1.29 is 5.11 Å². The van der Waals surface area contributed by atoms with Gasteiger partial charge in [0.05, 0.1) is 0 Å². The first-order chi connectivity index (χ1) is 5.24. The molecule has 0 amide bonds. The molecule has 0 unspecified atom stereocenters. The molecule has 11 heavy (non-hydrogen) atoms. The average Bonchev–Trinajstić information content (AvgIpc) is 1.98. The second kappa shape index (κ2) is 3.25. The molecule has 0 atom stereocenters. The van der Waals surface area contributed by atoms with Gasteiger partial charge in [-0.15, -0.1) is 0 Å². The van der Waals surface area contributed by atoms with Crippen LogP contribution in [0.4, 0.5) is 11.4 Å². The molecular weight excluding hydrogens is 140 g/mol. The van der Waals surface area contributed by atoms with Gasteiger partial charge in [-0.2, -0.15) is 0 Å². The highest BCUT2D eigenvalue weighted by Crippen LogP contribution is 2.15. The van der Waals surface area contributed by atoms with Crippen LogP contribution in [0, 0.1) is 0 Å². The Labute approximate surface area is 65.6 Å². The fourth-order valence-corrected chi connectivity index (χ4v) is 0.963. The minimum Gasteiger partial charge on any atom is -0.399 e. The minimum atomic E-state index is 0.105. The maximum atomic E-state index is 8.64. The van der Waals surface area contributed by atoms with Crippen molar-refractivity contribution in [3.05, 3.63) is 23.8 Å². The van der Waals surface area contributed by atoms with Gasteiger partial charge >= 0.3 is 0 Å². The van der Waals surface area contributed by atoms with Crippen LogP contribution < -0.4 is 11.5 Å². The van der Waals surface area contributed by atoms with Gasteiger partial charge in [0, 0.05) is 18.0 Å². The average molecular weight is 152 g/mol. The van der Waals surface area contributed by atoms with Gasteiger partial charge in [-0.25, -0.2) is 0 Å². The summed E-state index contributed by atoms with van der Waals surface area (Å²) >= 11 is 0. The third kappa shape index (κ3) is 1.85. The van der Waals surface area contributed by atoms with E-state index in [1.165, 1.54) is 0 Å². The molecule has 0 heterocycles. The Kier molecular flexibility index (Phi) is 2.33. The van der Waals surface area contributed by atoms with Gasteiger partial charge in [0.1, 0.15) is 0 Å². The quantitative estimate of drug-likeness (QED) is 0.536. The number of hydrogen-bond acceptors (Lipinski definition) is 3. The van der Waals surface area contributed by atoms with E-state index in [2.05, 4.69) is 0 Å². The summed E-state index contributed by atoms with van der Waals surface area (Å²) in [6.07, 6.45) is 0.566. The van der Waals surface area contributed by atoms with E-state index in [4.69, 9.17) is 16.6 Å². The van der Waals surface area contributed by atoms with Gasteiger partial charge in [0.15, 0.2) is 0 Å². The Hall–Kier alpha value is -1.22. The first-order valence-electron chi connectivity index (χ1n) is 3.49. The van der Waals surface area contributed by atoms with Crippen LogP contribution in [0.1, 0.15) is 5.56 Å². The largest absolute Gasteiger partial charge is 0.399 e. The maximum absolute atomic E-state index is 8.64. The van der Waals surface area contributed by atoms with Crippen LogP contribution in [-0.4, -0.2) is 11.7 Å². The molecule has 0 saturated heterocycles. The van der Waals surface area contributed by atoms with Crippen LogP contribution in [0.3, 0.4) is 0 Å². The SMILES string of the molecule is Nc1ccc(N)c(CCO)c1. The van der Waals surface area contributed by atoms with Crippen molar-refractivity contribution in [2.45, 2.75) is 6.42 Å². The normalized spacial score (nSPS) is 9.91. The summed E-state index contributed by atoms with van der Waals surface area (Å²) in [6.45, 7) is 0.105. The van der Waals surface area contributed by atoms with Crippen molar-refractivity contribution in [2.75, 3.05) is 18.1 Å². The van der Waals surface area contributed by atoms with E-state index in [1.807, 2.05) is 0 Å². The molecule has 0 spiro atoms. The standard InChI is InChI=1S/C8H12N2O/c9-7-1-2-8(10)6(5-7)3-4-11/h1-2,5,11H,3-4,9-10H2. The van der Waals surface area contributed by atoms with Crippen LogP contribution >= 0.6 is 0 Å². The number of anilines is 2. The molecule has 1 rings (SSSR count). The molecule has 3 nitrogen and oxygen atoms in total. The third-order valence-electron chi connectivity index (χ3n) is 1.55. The number of aliphatic hydroxyl groups excluding tert-OH is 1. The Bertz CT molecular complexity index is 248. The lowest BCUT2D eigenvalue weighted by Gasteiger charge is -2.03. The second-order valence-corrected chi connectivity index (χ2v) is 2.43. The molecular formula is C8H12N2O. The van der Waals surface area contributed by atoms with Gasteiger partial charge < -0.3 is 16.6 Å². The van der Waals surface area contributed by atoms with E-state index >= 15 is 0 Å². The molecule has 60 valence electrons. The van der Waals surface area contributed by atoms with E-state index in [-0.39, 0.29) is 6.61 Å². The van der Waals surface area contributed by atoms with Crippen molar-refractivity contribution >= 4 is 11.4 Å². The minimum absolute atomic E-state index is 0.105. The molecule has 0 aliphatic rings. The highest BCUT2D eigenvalue weighted by atomic mass is 16.2. The molecule has 3 heteroatoms. The summed E-state index contributed by atoms with van der Waals surface area (Å²) in [7, 11) is 0. The molecule has 0 bridgehead atoms. The molecule has 0 radical (unpaired) electrons. The van der Waals surface area contributed by atoms with Crippen molar-refractivity contribution in [1.82, 2.24) is 0 Å². The van der Waals surface area contributed by atoms with E-state index < -0.39 is 0 Å². The van der Waals surface area contributed by atoms with Gasteiger partial charge in [-0.3, -0.25) is 0 Å². The van der Waals surface area contributed by atoms with E-state index in [0.29, 0.717) is 17.8 Å². The Balaban J connectivity index is 2.93. The lowest BCUT2D eigenvalue weighted by Crippen LogP contribution is -1.98. The summed E-state index contributed by atoms with van der Waals surface area (Å²) in [6, 6.07) is 5.28.